The fourth-order valence-electron chi connectivity index (χ4n) is 1.36. The largest absolute Gasteiger partial charge is 0.305 e. The summed E-state index contributed by atoms with van der Waals surface area (Å²) >= 11 is 0. The second-order valence-electron chi connectivity index (χ2n) is 3.52. The number of aryl methyl sites for hydroxylation is 1. The van der Waals surface area contributed by atoms with Crippen LogP contribution in [0.1, 0.15) is 18.4 Å². The Labute approximate surface area is 81.4 Å². The van der Waals surface area contributed by atoms with Crippen molar-refractivity contribution in [2.24, 2.45) is 0 Å². The molecular weight excluding hydrogens is 158 g/mol. The number of unbranched alkanes of at least 4 members (excludes halogenated alkanes) is 1. The molecule has 0 heterocycles. The van der Waals surface area contributed by atoms with Crippen LogP contribution in [0.25, 0.3) is 0 Å². The molecule has 0 atom stereocenters. The number of benzene rings is 1. The Morgan fingerprint density at radius 1 is 1.15 bits per heavy atom. The standard InChI is InChI=1S/C12H18N/c1-13(2)11-7-6-10-12-8-4-3-5-9-12/h3-5,8-9H,1,6-7,10-11H2,2H3. The Morgan fingerprint density at radius 3 is 2.46 bits per heavy atom. The average Bonchev–Trinajstić information content (AvgIpc) is 2.14. The Morgan fingerprint density at radius 2 is 1.85 bits per heavy atom. The molecule has 1 heteroatoms. The summed E-state index contributed by atoms with van der Waals surface area (Å²) < 4.78 is 0. The summed E-state index contributed by atoms with van der Waals surface area (Å²) in [5.41, 5.74) is 1.44. The van der Waals surface area contributed by atoms with Crippen molar-refractivity contribution >= 4 is 0 Å². The van der Waals surface area contributed by atoms with Gasteiger partial charge >= 0.3 is 0 Å². The molecule has 1 radical (unpaired) electrons. The lowest BCUT2D eigenvalue weighted by Crippen LogP contribution is -2.10. The molecule has 71 valence electrons. The maximum Gasteiger partial charge on any atom is 0.0106 e. The predicted molar refractivity (Wildman–Crippen MR) is 57.4 cm³/mol. The van der Waals surface area contributed by atoms with Crippen LogP contribution in [0, 0.1) is 7.05 Å². The molecule has 13 heavy (non-hydrogen) atoms. The highest BCUT2D eigenvalue weighted by atomic mass is 15.0. The molecule has 0 fully saturated rings. The van der Waals surface area contributed by atoms with Crippen molar-refractivity contribution in [3.05, 3.63) is 42.9 Å². The van der Waals surface area contributed by atoms with Crippen LogP contribution in [0.3, 0.4) is 0 Å². The lowest BCUT2D eigenvalue weighted by Gasteiger charge is -2.08. The normalized spacial score (nSPS) is 10.7. The smallest absolute Gasteiger partial charge is 0.0106 e. The van der Waals surface area contributed by atoms with Crippen LogP contribution in [-0.4, -0.2) is 18.5 Å². The fourth-order valence-corrected chi connectivity index (χ4v) is 1.36. The van der Waals surface area contributed by atoms with E-state index in [1.165, 1.54) is 24.8 Å². The fraction of sp³-hybridized carbons (Fsp3) is 0.417. The number of rotatable bonds is 5. The summed E-state index contributed by atoms with van der Waals surface area (Å²) in [4.78, 5) is 1.99. The second kappa shape index (κ2) is 5.76. The van der Waals surface area contributed by atoms with E-state index in [1.807, 2.05) is 11.9 Å². The van der Waals surface area contributed by atoms with Crippen molar-refractivity contribution in [1.29, 1.82) is 0 Å². The summed E-state index contributed by atoms with van der Waals surface area (Å²) in [6, 6.07) is 10.6. The monoisotopic (exact) mass is 176 g/mol. The second-order valence-corrected chi connectivity index (χ2v) is 3.52. The minimum atomic E-state index is 1.09. The van der Waals surface area contributed by atoms with Crippen LogP contribution in [-0.2, 0) is 6.42 Å². The Hall–Kier alpha value is -0.820. The maximum atomic E-state index is 3.82. The summed E-state index contributed by atoms with van der Waals surface area (Å²) in [6.07, 6.45) is 3.67. The molecule has 0 aliphatic carbocycles. The molecule has 0 saturated carbocycles. The van der Waals surface area contributed by atoms with E-state index in [9.17, 15) is 0 Å². The van der Waals surface area contributed by atoms with Gasteiger partial charge < -0.3 is 4.90 Å². The Balaban J connectivity index is 2.13. The number of hydrogen-bond acceptors (Lipinski definition) is 1. The molecule has 1 aromatic carbocycles. The van der Waals surface area contributed by atoms with E-state index in [2.05, 4.69) is 37.4 Å². The van der Waals surface area contributed by atoms with Gasteiger partial charge in [-0.1, -0.05) is 30.3 Å². The van der Waals surface area contributed by atoms with Crippen LogP contribution in [0.2, 0.25) is 0 Å². The Bertz CT molecular complexity index is 216. The van der Waals surface area contributed by atoms with Crippen molar-refractivity contribution in [3.63, 3.8) is 0 Å². The topological polar surface area (TPSA) is 3.24 Å². The van der Waals surface area contributed by atoms with Gasteiger partial charge in [-0.25, -0.2) is 0 Å². The van der Waals surface area contributed by atoms with E-state index in [4.69, 9.17) is 0 Å². The van der Waals surface area contributed by atoms with E-state index in [0.717, 1.165) is 6.54 Å². The lowest BCUT2D eigenvalue weighted by molar-refractivity contribution is 0.431. The molecule has 0 bridgehead atoms. The number of hydrogen-bond donors (Lipinski definition) is 0. The van der Waals surface area contributed by atoms with E-state index < -0.39 is 0 Å². The molecule has 0 spiro atoms. The third-order valence-corrected chi connectivity index (χ3v) is 2.10. The number of nitrogens with zero attached hydrogens (tertiary/aromatic N) is 1. The van der Waals surface area contributed by atoms with Gasteiger partial charge in [0, 0.05) is 7.05 Å². The molecule has 1 nitrogen and oxygen atoms in total. The van der Waals surface area contributed by atoms with Gasteiger partial charge in [-0.2, -0.15) is 0 Å². The van der Waals surface area contributed by atoms with Crippen LogP contribution in [0.5, 0.6) is 0 Å². The molecule has 0 aromatic heterocycles. The molecule has 0 N–H and O–H groups in total. The van der Waals surface area contributed by atoms with Crippen molar-refractivity contribution in [1.82, 2.24) is 4.90 Å². The van der Waals surface area contributed by atoms with Crippen molar-refractivity contribution < 1.29 is 0 Å². The highest BCUT2D eigenvalue weighted by Crippen LogP contribution is 2.04. The first kappa shape index (κ1) is 10.3. The van der Waals surface area contributed by atoms with Crippen molar-refractivity contribution in [2.45, 2.75) is 19.3 Å². The van der Waals surface area contributed by atoms with Crippen LogP contribution >= 0.6 is 0 Å². The zero-order valence-corrected chi connectivity index (χ0v) is 8.37. The van der Waals surface area contributed by atoms with Gasteiger partial charge in [-0.3, -0.25) is 0 Å². The van der Waals surface area contributed by atoms with Crippen LogP contribution in [0.4, 0.5) is 0 Å². The zero-order valence-electron chi connectivity index (χ0n) is 8.37. The maximum absolute atomic E-state index is 3.82. The molecule has 1 rings (SSSR count). The SMILES string of the molecule is [CH2]N(C)CCCCc1ccccc1. The van der Waals surface area contributed by atoms with Crippen molar-refractivity contribution in [3.8, 4) is 0 Å². The third kappa shape index (κ3) is 4.69. The van der Waals surface area contributed by atoms with E-state index in [-0.39, 0.29) is 0 Å². The first-order valence-corrected chi connectivity index (χ1v) is 4.84. The third-order valence-electron chi connectivity index (χ3n) is 2.10. The molecule has 0 aliphatic heterocycles. The first-order chi connectivity index (χ1) is 6.29. The summed E-state index contributed by atoms with van der Waals surface area (Å²) in [5, 5.41) is 0. The van der Waals surface area contributed by atoms with Crippen LogP contribution in [0.15, 0.2) is 30.3 Å². The van der Waals surface area contributed by atoms with E-state index in [0.29, 0.717) is 0 Å². The Kier molecular flexibility index (Phi) is 4.55. The van der Waals surface area contributed by atoms with E-state index in [1.54, 1.807) is 0 Å². The molecule has 0 aliphatic rings. The van der Waals surface area contributed by atoms with Gasteiger partial charge in [-0.05, 0) is 38.4 Å². The summed E-state index contributed by atoms with van der Waals surface area (Å²) in [7, 11) is 5.83. The predicted octanol–water partition coefficient (Wildman–Crippen LogP) is 2.73. The molecule has 0 saturated heterocycles. The minimum Gasteiger partial charge on any atom is -0.305 e. The lowest BCUT2D eigenvalue weighted by atomic mass is 10.1. The molecule has 1 aromatic rings. The molecule has 0 amide bonds. The van der Waals surface area contributed by atoms with Gasteiger partial charge in [0.2, 0.25) is 0 Å². The van der Waals surface area contributed by atoms with Gasteiger partial charge in [0.05, 0.1) is 0 Å². The quantitative estimate of drug-likeness (QED) is 0.623. The summed E-state index contributed by atoms with van der Waals surface area (Å²) in [5.74, 6) is 0. The van der Waals surface area contributed by atoms with Crippen molar-refractivity contribution in [2.75, 3.05) is 13.6 Å². The summed E-state index contributed by atoms with van der Waals surface area (Å²) in [6.45, 7) is 1.09. The van der Waals surface area contributed by atoms with Crippen LogP contribution < -0.4 is 0 Å². The van der Waals surface area contributed by atoms with Gasteiger partial charge in [0.15, 0.2) is 0 Å². The van der Waals surface area contributed by atoms with Gasteiger partial charge in [0.25, 0.3) is 0 Å². The molecule has 0 unspecified atom stereocenters. The average molecular weight is 176 g/mol. The zero-order chi connectivity index (χ0) is 9.52. The van der Waals surface area contributed by atoms with Gasteiger partial charge in [0.1, 0.15) is 0 Å². The highest BCUT2D eigenvalue weighted by molar-refractivity contribution is 5.14. The minimum absolute atomic E-state index is 1.09. The van der Waals surface area contributed by atoms with Gasteiger partial charge in [-0.15, -0.1) is 0 Å². The highest BCUT2D eigenvalue weighted by Gasteiger charge is 1.93. The molecular formula is C12H18N. The first-order valence-electron chi connectivity index (χ1n) is 4.84. The van der Waals surface area contributed by atoms with E-state index >= 15 is 0 Å².